The molecular weight excluding hydrogens is 240 g/mol. The van der Waals surface area contributed by atoms with Crippen molar-refractivity contribution in [1.82, 2.24) is 5.32 Å². The molecule has 1 fully saturated rings. The summed E-state index contributed by atoms with van der Waals surface area (Å²) in [6.07, 6.45) is 5.41. The highest BCUT2D eigenvalue weighted by Crippen LogP contribution is 2.33. The molecule has 100 valence electrons. The first-order chi connectivity index (χ1) is 9.22. The molecule has 0 spiro atoms. The summed E-state index contributed by atoms with van der Waals surface area (Å²) in [5.41, 5.74) is 2.36. The number of anilines is 1. The van der Waals surface area contributed by atoms with Gasteiger partial charge >= 0.3 is 0 Å². The summed E-state index contributed by atoms with van der Waals surface area (Å²) in [7, 11) is 0. The van der Waals surface area contributed by atoms with E-state index < -0.39 is 0 Å². The van der Waals surface area contributed by atoms with Gasteiger partial charge in [0.25, 0.3) is 5.91 Å². The number of amides is 2. The van der Waals surface area contributed by atoms with Crippen molar-refractivity contribution in [3.8, 4) is 0 Å². The molecule has 0 bridgehead atoms. The van der Waals surface area contributed by atoms with Gasteiger partial charge in [-0.1, -0.05) is 18.9 Å². The van der Waals surface area contributed by atoms with Crippen LogP contribution in [0.25, 0.3) is 0 Å². The van der Waals surface area contributed by atoms with Gasteiger partial charge < -0.3 is 10.6 Å². The first kappa shape index (κ1) is 12.2. The molecule has 0 aromatic heterocycles. The molecule has 0 unspecified atom stereocenters. The van der Waals surface area contributed by atoms with Crippen LogP contribution in [0.1, 0.15) is 41.6 Å². The fourth-order valence-corrected chi connectivity index (χ4v) is 2.46. The van der Waals surface area contributed by atoms with Crippen LogP contribution >= 0.6 is 0 Å². The number of fused-ring (bicyclic) bond motifs is 1. The van der Waals surface area contributed by atoms with E-state index in [1.165, 1.54) is 19.3 Å². The van der Waals surface area contributed by atoms with E-state index in [0.29, 0.717) is 12.0 Å². The lowest BCUT2D eigenvalue weighted by Gasteiger charge is -2.06. The number of nitrogens with one attached hydrogen (secondary N) is 2. The molecule has 0 saturated heterocycles. The van der Waals surface area contributed by atoms with Gasteiger partial charge in [-0.05, 0) is 36.5 Å². The van der Waals surface area contributed by atoms with Gasteiger partial charge in [0.2, 0.25) is 5.91 Å². The Morgan fingerprint density at radius 1 is 1.37 bits per heavy atom. The molecule has 1 aromatic carbocycles. The lowest BCUT2D eigenvalue weighted by Crippen LogP contribution is -2.24. The second-order valence-electron chi connectivity index (χ2n) is 5.44. The summed E-state index contributed by atoms with van der Waals surface area (Å²) in [6, 6.07) is 5.40. The van der Waals surface area contributed by atoms with Crippen LogP contribution in [0.3, 0.4) is 0 Å². The van der Waals surface area contributed by atoms with E-state index in [4.69, 9.17) is 0 Å². The number of hydrogen-bond acceptors (Lipinski definition) is 2. The Kier molecular flexibility index (Phi) is 3.23. The van der Waals surface area contributed by atoms with Crippen LogP contribution in [0.5, 0.6) is 0 Å². The highest BCUT2D eigenvalue weighted by atomic mass is 16.2. The fourth-order valence-electron chi connectivity index (χ4n) is 2.46. The number of benzene rings is 1. The van der Waals surface area contributed by atoms with Crippen molar-refractivity contribution in [2.24, 2.45) is 5.92 Å². The lowest BCUT2D eigenvalue weighted by molar-refractivity contribution is -0.115. The van der Waals surface area contributed by atoms with Crippen LogP contribution in [0, 0.1) is 5.92 Å². The molecule has 3 rings (SSSR count). The Labute approximate surface area is 112 Å². The van der Waals surface area contributed by atoms with E-state index >= 15 is 0 Å². The molecule has 1 aliphatic heterocycles. The monoisotopic (exact) mass is 258 g/mol. The molecule has 2 amide bonds. The number of carbonyl (C=O) groups excluding carboxylic acids is 2. The van der Waals surface area contributed by atoms with Crippen LogP contribution < -0.4 is 10.6 Å². The van der Waals surface area contributed by atoms with Crippen LogP contribution in [0.2, 0.25) is 0 Å². The molecule has 4 nitrogen and oxygen atoms in total. The van der Waals surface area contributed by atoms with E-state index in [1.54, 1.807) is 12.1 Å². The standard InChI is InChI=1S/C15H18N2O2/c18-14-9-11-5-6-12(8-13(11)17-14)15(19)16-7-1-2-10-3-4-10/h5-6,8,10H,1-4,7,9H2,(H,16,19)(H,17,18). The Morgan fingerprint density at radius 3 is 3.00 bits per heavy atom. The maximum Gasteiger partial charge on any atom is 0.251 e. The quantitative estimate of drug-likeness (QED) is 0.795. The van der Waals surface area contributed by atoms with Crippen LogP contribution in [-0.4, -0.2) is 18.4 Å². The second kappa shape index (κ2) is 5.03. The van der Waals surface area contributed by atoms with Crippen molar-refractivity contribution < 1.29 is 9.59 Å². The third-order valence-electron chi connectivity index (χ3n) is 3.77. The molecule has 19 heavy (non-hydrogen) atoms. The number of rotatable bonds is 5. The largest absolute Gasteiger partial charge is 0.352 e. The van der Waals surface area contributed by atoms with Gasteiger partial charge in [0.15, 0.2) is 0 Å². The van der Waals surface area contributed by atoms with Crippen molar-refractivity contribution in [2.45, 2.75) is 32.1 Å². The van der Waals surface area contributed by atoms with Crippen molar-refractivity contribution in [2.75, 3.05) is 11.9 Å². The molecule has 1 saturated carbocycles. The molecule has 0 radical (unpaired) electrons. The van der Waals surface area contributed by atoms with Crippen molar-refractivity contribution >= 4 is 17.5 Å². The minimum Gasteiger partial charge on any atom is -0.352 e. The van der Waals surface area contributed by atoms with E-state index in [-0.39, 0.29) is 11.8 Å². The third kappa shape index (κ3) is 2.95. The minimum absolute atomic E-state index is 0.00279. The van der Waals surface area contributed by atoms with Crippen LogP contribution in [-0.2, 0) is 11.2 Å². The maximum absolute atomic E-state index is 12.0. The molecule has 2 aliphatic rings. The van der Waals surface area contributed by atoms with Crippen LogP contribution in [0.4, 0.5) is 5.69 Å². The average molecular weight is 258 g/mol. The topological polar surface area (TPSA) is 58.2 Å². The minimum atomic E-state index is -0.0558. The summed E-state index contributed by atoms with van der Waals surface area (Å²) in [4.78, 5) is 23.2. The lowest BCUT2D eigenvalue weighted by atomic mass is 10.1. The van der Waals surface area contributed by atoms with Crippen molar-refractivity contribution in [3.63, 3.8) is 0 Å². The molecule has 1 heterocycles. The first-order valence-electron chi connectivity index (χ1n) is 6.93. The maximum atomic E-state index is 12.0. The van der Waals surface area contributed by atoms with Gasteiger partial charge in [0.05, 0.1) is 6.42 Å². The van der Waals surface area contributed by atoms with Gasteiger partial charge in [-0.3, -0.25) is 9.59 Å². The van der Waals surface area contributed by atoms with E-state index in [9.17, 15) is 9.59 Å². The summed E-state index contributed by atoms with van der Waals surface area (Å²) < 4.78 is 0. The number of carbonyl (C=O) groups is 2. The molecule has 1 aromatic rings. The van der Waals surface area contributed by atoms with Crippen molar-refractivity contribution in [1.29, 1.82) is 0 Å². The summed E-state index contributed by atoms with van der Waals surface area (Å²) in [5.74, 6) is 0.851. The zero-order valence-electron chi connectivity index (χ0n) is 10.9. The van der Waals surface area contributed by atoms with Crippen molar-refractivity contribution in [3.05, 3.63) is 29.3 Å². The second-order valence-corrected chi connectivity index (χ2v) is 5.44. The normalized spacial score (nSPS) is 16.9. The molecule has 0 atom stereocenters. The van der Waals surface area contributed by atoms with Gasteiger partial charge in [-0.15, -0.1) is 0 Å². The highest BCUT2D eigenvalue weighted by Gasteiger charge is 2.21. The third-order valence-corrected chi connectivity index (χ3v) is 3.77. The Morgan fingerprint density at radius 2 is 2.21 bits per heavy atom. The van der Waals surface area contributed by atoms with E-state index in [1.807, 2.05) is 6.07 Å². The molecule has 4 heteroatoms. The average Bonchev–Trinajstić information content (AvgIpc) is 3.13. The van der Waals surface area contributed by atoms with E-state index in [2.05, 4.69) is 10.6 Å². The van der Waals surface area contributed by atoms with E-state index in [0.717, 1.165) is 30.1 Å². The van der Waals surface area contributed by atoms with Crippen LogP contribution in [0.15, 0.2) is 18.2 Å². The molecular formula is C15H18N2O2. The summed E-state index contributed by atoms with van der Waals surface area (Å²) in [5, 5.41) is 5.70. The summed E-state index contributed by atoms with van der Waals surface area (Å²) in [6.45, 7) is 0.735. The van der Waals surface area contributed by atoms with Gasteiger partial charge in [0, 0.05) is 17.8 Å². The Balaban J connectivity index is 1.54. The fraction of sp³-hybridized carbons (Fsp3) is 0.467. The van der Waals surface area contributed by atoms with Gasteiger partial charge in [0.1, 0.15) is 0 Å². The Bertz CT molecular complexity index is 521. The highest BCUT2D eigenvalue weighted by molar-refractivity contribution is 6.02. The predicted molar refractivity (Wildman–Crippen MR) is 73.1 cm³/mol. The first-order valence-corrected chi connectivity index (χ1v) is 6.93. The SMILES string of the molecule is O=C1Cc2ccc(C(=O)NCCCC3CC3)cc2N1. The Hall–Kier alpha value is -1.84. The van der Waals surface area contributed by atoms with Gasteiger partial charge in [-0.25, -0.2) is 0 Å². The number of hydrogen-bond donors (Lipinski definition) is 2. The van der Waals surface area contributed by atoms with Gasteiger partial charge in [-0.2, -0.15) is 0 Å². The predicted octanol–water partition coefficient (Wildman–Crippen LogP) is 2.10. The smallest absolute Gasteiger partial charge is 0.251 e. The molecule has 2 N–H and O–H groups in total. The molecule has 1 aliphatic carbocycles. The zero-order chi connectivity index (χ0) is 13.2. The zero-order valence-corrected chi connectivity index (χ0v) is 10.9. The summed E-state index contributed by atoms with van der Waals surface area (Å²) >= 11 is 0.